The lowest BCUT2D eigenvalue weighted by Crippen LogP contribution is -2.49. The molecule has 0 radical (unpaired) electrons. The molecule has 1 aliphatic carbocycles. The molecule has 0 aromatic carbocycles. The van der Waals surface area contributed by atoms with Gasteiger partial charge in [-0.05, 0) is 19.4 Å². The molecule has 2 aliphatic rings. The summed E-state index contributed by atoms with van der Waals surface area (Å²) in [6.07, 6.45) is 4.64. The second-order valence-electron chi connectivity index (χ2n) is 5.63. The Hall–Kier alpha value is -1.40. The van der Waals surface area contributed by atoms with Crippen LogP contribution >= 0.6 is 0 Å². The van der Waals surface area contributed by atoms with Crippen LogP contribution in [0.3, 0.4) is 0 Å². The van der Waals surface area contributed by atoms with Gasteiger partial charge in [-0.2, -0.15) is 0 Å². The van der Waals surface area contributed by atoms with Gasteiger partial charge in [0.05, 0.1) is 24.5 Å². The number of amides is 1. The van der Waals surface area contributed by atoms with Crippen LogP contribution in [0.15, 0.2) is 12.2 Å². The number of rotatable bonds is 5. The van der Waals surface area contributed by atoms with Gasteiger partial charge in [-0.25, -0.2) is 0 Å². The van der Waals surface area contributed by atoms with E-state index in [2.05, 4.69) is 17.1 Å². The highest BCUT2D eigenvalue weighted by Crippen LogP contribution is 2.26. The minimum atomic E-state index is -0.898. The van der Waals surface area contributed by atoms with E-state index in [1.54, 1.807) is 0 Å². The summed E-state index contributed by atoms with van der Waals surface area (Å²) in [5.41, 5.74) is 0. The number of carboxylic acid groups (broad SMARTS) is 1. The summed E-state index contributed by atoms with van der Waals surface area (Å²) in [5, 5.41) is 12.1. The van der Waals surface area contributed by atoms with Gasteiger partial charge in [0.1, 0.15) is 0 Å². The van der Waals surface area contributed by atoms with Crippen molar-refractivity contribution < 1.29 is 19.4 Å². The van der Waals surface area contributed by atoms with Crippen molar-refractivity contribution in [1.29, 1.82) is 0 Å². The van der Waals surface area contributed by atoms with Gasteiger partial charge in [0.2, 0.25) is 5.91 Å². The maximum Gasteiger partial charge on any atom is 0.307 e. The van der Waals surface area contributed by atoms with Crippen molar-refractivity contribution in [2.75, 3.05) is 32.8 Å². The number of carboxylic acids is 1. The highest BCUT2D eigenvalue weighted by molar-refractivity contribution is 5.85. The average molecular weight is 296 g/mol. The summed E-state index contributed by atoms with van der Waals surface area (Å²) in [5.74, 6) is -2.16. The zero-order chi connectivity index (χ0) is 15.2. The van der Waals surface area contributed by atoms with Crippen molar-refractivity contribution >= 4 is 11.9 Å². The number of aliphatic carboxylic acids is 1. The van der Waals surface area contributed by atoms with E-state index in [0.29, 0.717) is 26.0 Å². The van der Waals surface area contributed by atoms with Crippen LogP contribution in [0.2, 0.25) is 0 Å². The number of likely N-dealkylation sites (N-methyl/N-ethyl adjacent to an activating group) is 1. The molecule has 6 heteroatoms. The van der Waals surface area contributed by atoms with Crippen LogP contribution in [-0.2, 0) is 14.3 Å². The fourth-order valence-corrected chi connectivity index (χ4v) is 2.91. The summed E-state index contributed by atoms with van der Waals surface area (Å²) < 4.78 is 5.64. The molecule has 1 aliphatic heterocycles. The van der Waals surface area contributed by atoms with Crippen LogP contribution in [-0.4, -0.2) is 60.8 Å². The fraction of sp³-hybridized carbons (Fsp3) is 0.733. The normalized spacial score (nSPS) is 30.0. The highest BCUT2D eigenvalue weighted by atomic mass is 16.5. The number of hydrogen-bond donors (Lipinski definition) is 2. The van der Waals surface area contributed by atoms with Gasteiger partial charge in [0, 0.05) is 19.6 Å². The number of morpholine rings is 1. The molecule has 0 spiro atoms. The second-order valence-corrected chi connectivity index (χ2v) is 5.63. The van der Waals surface area contributed by atoms with E-state index in [9.17, 15) is 14.7 Å². The number of nitrogens with zero attached hydrogens (tertiary/aromatic N) is 1. The van der Waals surface area contributed by atoms with Crippen molar-refractivity contribution in [3.05, 3.63) is 12.2 Å². The smallest absolute Gasteiger partial charge is 0.307 e. The Morgan fingerprint density at radius 1 is 1.33 bits per heavy atom. The first-order valence-corrected chi connectivity index (χ1v) is 7.61. The van der Waals surface area contributed by atoms with Crippen LogP contribution < -0.4 is 5.32 Å². The molecule has 6 nitrogen and oxygen atoms in total. The lowest BCUT2D eigenvalue weighted by molar-refractivity contribution is -0.147. The molecule has 0 aromatic rings. The summed E-state index contributed by atoms with van der Waals surface area (Å²) in [6, 6.07) is 0. The number of carbonyl (C=O) groups is 2. The SMILES string of the molecule is CCN1CCOC(CNC(=O)[C@@H]2CC=CC[C@@H]2C(=O)O)C1. The second kappa shape index (κ2) is 7.56. The maximum absolute atomic E-state index is 12.2. The van der Waals surface area contributed by atoms with Gasteiger partial charge in [0.25, 0.3) is 0 Å². The van der Waals surface area contributed by atoms with E-state index in [4.69, 9.17) is 4.74 Å². The lowest BCUT2D eigenvalue weighted by Gasteiger charge is -2.32. The molecule has 3 atom stereocenters. The standard InChI is InChI=1S/C15H24N2O4/c1-2-17-7-8-21-11(10-17)9-16-14(18)12-5-3-4-6-13(12)15(19)20/h3-4,11-13H,2,5-10H2,1H3,(H,16,18)(H,19,20)/t11?,12-,13+/m1/s1. The Balaban J connectivity index is 1.83. The molecule has 0 aromatic heterocycles. The first-order valence-electron chi connectivity index (χ1n) is 7.61. The quantitative estimate of drug-likeness (QED) is 0.722. The lowest BCUT2D eigenvalue weighted by atomic mass is 9.82. The number of carbonyl (C=O) groups excluding carboxylic acids is 1. The molecule has 2 N–H and O–H groups in total. The minimum Gasteiger partial charge on any atom is -0.481 e. The third-order valence-electron chi connectivity index (χ3n) is 4.26. The molecule has 1 saturated heterocycles. The number of ether oxygens (including phenoxy) is 1. The molecule has 0 saturated carbocycles. The van der Waals surface area contributed by atoms with Crippen molar-refractivity contribution in [1.82, 2.24) is 10.2 Å². The number of allylic oxidation sites excluding steroid dienone is 2. The first-order chi connectivity index (χ1) is 10.1. The van der Waals surface area contributed by atoms with Gasteiger partial charge in [-0.3, -0.25) is 14.5 Å². The zero-order valence-corrected chi connectivity index (χ0v) is 12.5. The highest BCUT2D eigenvalue weighted by Gasteiger charge is 2.34. The third-order valence-corrected chi connectivity index (χ3v) is 4.26. The molecule has 21 heavy (non-hydrogen) atoms. The van der Waals surface area contributed by atoms with Crippen LogP contribution in [0.1, 0.15) is 19.8 Å². The Morgan fingerprint density at radius 3 is 2.71 bits per heavy atom. The molecular formula is C15H24N2O4. The Morgan fingerprint density at radius 2 is 2.05 bits per heavy atom. The zero-order valence-electron chi connectivity index (χ0n) is 12.5. The van der Waals surface area contributed by atoms with Crippen molar-refractivity contribution in [2.45, 2.75) is 25.9 Å². The monoisotopic (exact) mass is 296 g/mol. The molecule has 1 amide bonds. The summed E-state index contributed by atoms with van der Waals surface area (Å²) in [4.78, 5) is 25.7. The van der Waals surface area contributed by atoms with Gasteiger partial charge in [-0.15, -0.1) is 0 Å². The van der Waals surface area contributed by atoms with Crippen LogP contribution in [0.5, 0.6) is 0 Å². The number of nitrogens with one attached hydrogen (secondary N) is 1. The molecule has 1 heterocycles. The van der Waals surface area contributed by atoms with Gasteiger partial charge in [0.15, 0.2) is 0 Å². The van der Waals surface area contributed by atoms with E-state index in [-0.39, 0.29) is 12.0 Å². The summed E-state index contributed by atoms with van der Waals surface area (Å²) >= 11 is 0. The molecule has 118 valence electrons. The molecule has 0 bridgehead atoms. The van der Waals surface area contributed by atoms with Crippen LogP contribution in [0, 0.1) is 11.8 Å². The van der Waals surface area contributed by atoms with E-state index in [1.165, 1.54) is 0 Å². The third kappa shape index (κ3) is 4.28. The predicted octanol–water partition coefficient (Wildman–Crippen LogP) is 0.490. The van der Waals surface area contributed by atoms with E-state index in [0.717, 1.165) is 19.6 Å². The van der Waals surface area contributed by atoms with Crippen LogP contribution in [0.4, 0.5) is 0 Å². The van der Waals surface area contributed by atoms with Crippen molar-refractivity contribution in [3.63, 3.8) is 0 Å². The van der Waals surface area contributed by atoms with Crippen molar-refractivity contribution in [3.8, 4) is 0 Å². The average Bonchev–Trinajstić information content (AvgIpc) is 2.52. The predicted molar refractivity (Wildman–Crippen MR) is 77.9 cm³/mol. The summed E-state index contributed by atoms with van der Waals surface area (Å²) in [7, 11) is 0. The fourth-order valence-electron chi connectivity index (χ4n) is 2.91. The van der Waals surface area contributed by atoms with Gasteiger partial charge in [-0.1, -0.05) is 19.1 Å². The van der Waals surface area contributed by atoms with E-state index in [1.807, 2.05) is 12.2 Å². The van der Waals surface area contributed by atoms with Crippen LogP contribution in [0.25, 0.3) is 0 Å². The van der Waals surface area contributed by atoms with Gasteiger partial charge >= 0.3 is 5.97 Å². The molecule has 1 unspecified atom stereocenters. The van der Waals surface area contributed by atoms with Crippen molar-refractivity contribution in [2.24, 2.45) is 11.8 Å². The van der Waals surface area contributed by atoms with E-state index >= 15 is 0 Å². The van der Waals surface area contributed by atoms with Gasteiger partial charge < -0.3 is 15.2 Å². The minimum absolute atomic E-state index is 0.00920. The Labute approximate surface area is 125 Å². The first kappa shape index (κ1) is 16.0. The van der Waals surface area contributed by atoms with E-state index < -0.39 is 17.8 Å². The molecule has 2 rings (SSSR count). The Kier molecular flexibility index (Phi) is 5.76. The molecular weight excluding hydrogens is 272 g/mol. The number of hydrogen-bond acceptors (Lipinski definition) is 4. The Bertz CT molecular complexity index is 410. The topological polar surface area (TPSA) is 78.9 Å². The summed E-state index contributed by atoms with van der Waals surface area (Å²) in [6.45, 7) is 5.94. The molecule has 1 fully saturated rings. The largest absolute Gasteiger partial charge is 0.481 e. The maximum atomic E-state index is 12.2.